The van der Waals surface area contributed by atoms with E-state index in [1.165, 1.54) is 148 Å². The lowest BCUT2D eigenvalue weighted by Gasteiger charge is -2.05. The summed E-state index contributed by atoms with van der Waals surface area (Å²) in [4.78, 5) is 0. The second-order valence-electron chi connectivity index (χ2n) is 9.57. The molecule has 0 fully saturated rings. The summed E-state index contributed by atoms with van der Waals surface area (Å²) >= 11 is 0. The van der Waals surface area contributed by atoms with Crippen LogP contribution in [0.3, 0.4) is 0 Å². The Morgan fingerprint density at radius 1 is 0.414 bits per heavy atom. The van der Waals surface area contributed by atoms with Crippen LogP contribution in [0.5, 0.6) is 0 Å². The number of aliphatic hydroxyl groups excluding tert-OH is 1. The van der Waals surface area contributed by atoms with Crippen molar-refractivity contribution in [1.82, 2.24) is 0 Å². The number of aliphatic hydroxyl groups is 1. The highest BCUT2D eigenvalue weighted by atomic mass is 16.3. The summed E-state index contributed by atoms with van der Waals surface area (Å²) in [5.41, 5.74) is 0. The maximum absolute atomic E-state index is 9.12. The van der Waals surface area contributed by atoms with Gasteiger partial charge in [-0.15, -0.1) is 0 Å². The molecule has 0 aromatic heterocycles. The van der Waals surface area contributed by atoms with Gasteiger partial charge >= 0.3 is 0 Å². The molecule has 1 nitrogen and oxygen atoms in total. The molecule has 0 aliphatic heterocycles. The minimum atomic E-state index is -0.352. The van der Waals surface area contributed by atoms with Gasteiger partial charge in [0.15, 0.2) is 0 Å². The van der Waals surface area contributed by atoms with Gasteiger partial charge in [0.25, 0.3) is 0 Å². The zero-order valence-electron chi connectivity index (χ0n) is 20.4. The third-order valence-corrected chi connectivity index (χ3v) is 6.39. The summed E-state index contributed by atoms with van der Waals surface area (Å²) in [6.45, 7) is 5.92. The van der Waals surface area contributed by atoms with E-state index in [2.05, 4.69) is 13.8 Å². The van der Waals surface area contributed by atoms with Crippen LogP contribution in [0.4, 0.5) is 0 Å². The Hall–Kier alpha value is -0.0400. The van der Waals surface area contributed by atoms with Gasteiger partial charge in [-0.25, -0.2) is 0 Å². The Balaban J connectivity index is 2.98. The summed E-state index contributed by atoms with van der Waals surface area (Å²) in [6.07, 6.45) is 34.8. The molecule has 1 unspecified atom stereocenters. The molecule has 1 atom stereocenters. The molecule has 0 aliphatic carbocycles. The second kappa shape index (κ2) is 26.0. The van der Waals surface area contributed by atoms with Crippen molar-refractivity contribution in [2.45, 2.75) is 174 Å². The highest BCUT2D eigenvalue weighted by molar-refractivity contribution is 4.57. The zero-order valence-corrected chi connectivity index (χ0v) is 20.4. The first kappa shape index (κ1) is 29.0. The van der Waals surface area contributed by atoms with Crippen LogP contribution in [-0.2, 0) is 0 Å². The van der Waals surface area contributed by atoms with E-state index >= 15 is 0 Å². The third kappa shape index (κ3) is 28.0. The van der Waals surface area contributed by atoms with Crippen LogP contribution in [0.25, 0.3) is 0 Å². The lowest BCUT2D eigenvalue weighted by molar-refractivity contribution is 0.205. The number of rotatable bonds is 25. The molecule has 0 aromatic rings. The molecule has 0 aromatic carbocycles. The molecular weight excluding hydrogens is 352 g/mol. The van der Waals surface area contributed by atoms with Crippen molar-refractivity contribution in [1.29, 1.82) is 0 Å². The molecule has 0 saturated carbocycles. The molecule has 0 bridgehead atoms. The average Bonchev–Trinajstić information content (AvgIpc) is 2.71. The fourth-order valence-electron chi connectivity index (χ4n) is 4.34. The molecule has 1 heteroatoms. The molecule has 1 radical (unpaired) electrons. The van der Waals surface area contributed by atoms with E-state index in [9.17, 15) is 0 Å². The summed E-state index contributed by atoms with van der Waals surface area (Å²) < 4.78 is 0. The molecule has 0 saturated heterocycles. The quantitative estimate of drug-likeness (QED) is 0.149. The van der Waals surface area contributed by atoms with Gasteiger partial charge < -0.3 is 5.11 Å². The largest absolute Gasteiger partial charge is 0.393 e. The van der Waals surface area contributed by atoms with Gasteiger partial charge in [0, 0.05) is 0 Å². The van der Waals surface area contributed by atoms with Crippen molar-refractivity contribution < 1.29 is 5.11 Å². The van der Waals surface area contributed by atoms with Gasteiger partial charge in [-0.1, -0.05) is 161 Å². The summed E-state index contributed by atoms with van der Waals surface area (Å²) in [5, 5.41) is 9.12. The fourth-order valence-corrected chi connectivity index (χ4v) is 4.34. The van der Waals surface area contributed by atoms with Gasteiger partial charge in [0.2, 0.25) is 0 Å². The van der Waals surface area contributed by atoms with Crippen LogP contribution in [0.1, 0.15) is 167 Å². The Labute approximate surface area is 185 Å². The van der Waals surface area contributed by atoms with Crippen LogP contribution in [0.15, 0.2) is 0 Å². The second-order valence-corrected chi connectivity index (χ2v) is 9.57. The summed E-state index contributed by atoms with van der Waals surface area (Å²) in [5.74, 6) is 0. The third-order valence-electron chi connectivity index (χ3n) is 6.39. The van der Waals surface area contributed by atoms with E-state index in [4.69, 9.17) is 5.11 Å². The Morgan fingerprint density at radius 3 is 0.828 bits per heavy atom. The molecule has 1 N–H and O–H groups in total. The first-order chi connectivity index (χ1) is 14.3. The van der Waals surface area contributed by atoms with Gasteiger partial charge in [-0.2, -0.15) is 0 Å². The van der Waals surface area contributed by atoms with Crippen molar-refractivity contribution in [3.8, 4) is 0 Å². The van der Waals surface area contributed by atoms with Crippen molar-refractivity contribution in [2.75, 3.05) is 0 Å². The van der Waals surface area contributed by atoms with Gasteiger partial charge in [-0.3, -0.25) is 0 Å². The predicted octanol–water partition coefficient (Wildman–Crippen LogP) is 9.95. The maximum atomic E-state index is 9.12. The van der Waals surface area contributed by atoms with Gasteiger partial charge in [0.05, 0.1) is 6.10 Å². The van der Waals surface area contributed by atoms with Gasteiger partial charge in [0.1, 0.15) is 0 Å². The topological polar surface area (TPSA) is 20.2 Å². The highest BCUT2D eigenvalue weighted by Gasteiger charge is 1.97. The van der Waals surface area contributed by atoms with E-state index in [0.29, 0.717) is 0 Å². The standard InChI is InChI=1S/C28H57O/c1-3-4-5-6-7-8-9-10-11-12-13-14-15-16-17-18-19-20-21-22-23-24-25-26-27-28(2)29/h28-29H,2-27H2,1H3. The molecule has 0 spiro atoms. The van der Waals surface area contributed by atoms with Crippen LogP contribution in [0, 0.1) is 6.92 Å². The lowest BCUT2D eigenvalue weighted by atomic mass is 10.0. The molecule has 0 aliphatic rings. The SMILES string of the molecule is [CH2]C(O)CCCCCCCCCCCCCCCCCCCCCCCCCC. The lowest BCUT2D eigenvalue weighted by Crippen LogP contribution is -1.98. The molecule has 0 heterocycles. The fraction of sp³-hybridized carbons (Fsp3) is 0.964. The summed E-state index contributed by atoms with van der Waals surface area (Å²) in [6, 6.07) is 0. The molecule has 0 rings (SSSR count). The number of hydrogen-bond donors (Lipinski definition) is 1. The van der Waals surface area contributed by atoms with Crippen molar-refractivity contribution in [3.63, 3.8) is 0 Å². The van der Waals surface area contributed by atoms with Crippen LogP contribution in [-0.4, -0.2) is 11.2 Å². The zero-order chi connectivity index (χ0) is 21.3. The van der Waals surface area contributed by atoms with E-state index < -0.39 is 0 Å². The van der Waals surface area contributed by atoms with Crippen molar-refractivity contribution >= 4 is 0 Å². The Bertz CT molecular complexity index is 273. The highest BCUT2D eigenvalue weighted by Crippen LogP contribution is 2.15. The van der Waals surface area contributed by atoms with E-state index in [1.807, 2.05) is 0 Å². The molecule has 0 amide bonds. The maximum Gasteiger partial charge on any atom is 0.0541 e. The molecule has 175 valence electrons. The Morgan fingerprint density at radius 2 is 0.621 bits per heavy atom. The minimum absolute atomic E-state index is 0.352. The Kier molecular flexibility index (Phi) is 26.0. The van der Waals surface area contributed by atoms with Crippen LogP contribution < -0.4 is 0 Å². The van der Waals surface area contributed by atoms with E-state index in [0.717, 1.165) is 12.8 Å². The van der Waals surface area contributed by atoms with Crippen molar-refractivity contribution in [2.24, 2.45) is 0 Å². The smallest absolute Gasteiger partial charge is 0.0541 e. The number of unbranched alkanes of at least 4 members (excludes halogenated alkanes) is 23. The molecular formula is C28H57O. The van der Waals surface area contributed by atoms with Crippen LogP contribution in [0.2, 0.25) is 0 Å². The average molecular weight is 410 g/mol. The van der Waals surface area contributed by atoms with Gasteiger partial charge in [-0.05, 0) is 13.3 Å². The normalized spacial score (nSPS) is 12.5. The monoisotopic (exact) mass is 409 g/mol. The first-order valence-electron chi connectivity index (χ1n) is 13.8. The van der Waals surface area contributed by atoms with Crippen molar-refractivity contribution in [3.05, 3.63) is 6.92 Å². The predicted molar refractivity (Wildman–Crippen MR) is 132 cm³/mol. The first-order valence-corrected chi connectivity index (χ1v) is 13.8. The minimum Gasteiger partial charge on any atom is -0.393 e. The number of hydrogen-bond acceptors (Lipinski definition) is 1. The van der Waals surface area contributed by atoms with E-state index in [-0.39, 0.29) is 6.10 Å². The molecule has 29 heavy (non-hydrogen) atoms. The van der Waals surface area contributed by atoms with E-state index in [1.54, 1.807) is 0 Å². The summed E-state index contributed by atoms with van der Waals surface area (Å²) in [7, 11) is 0. The van der Waals surface area contributed by atoms with Crippen LogP contribution >= 0.6 is 0 Å².